The maximum absolute atomic E-state index is 13.0. The molecule has 2 aromatic heterocycles. The van der Waals surface area contributed by atoms with Crippen LogP contribution in [0.15, 0.2) is 18.6 Å². The van der Waals surface area contributed by atoms with Gasteiger partial charge in [-0.15, -0.1) is 0 Å². The third-order valence-electron chi connectivity index (χ3n) is 6.23. The molecule has 0 spiro atoms. The standard InChI is InChI=1S/C24H35N5O3/c1-23(2,3)22-27-20(13-29(22)12-17-6-8-31-9-7-17)18-10-25-11-19(26-18)21(30)28(5)14-24(4)15-32-16-24/h10-11,13,17H,6-9,12,14-16H2,1-5H3. The molecule has 0 saturated carbocycles. The Morgan fingerprint density at radius 1 is 1.16 bits per heavy atom. The van der Waals surface area contributed by atoms with Crippen LogP contribution in [0, 0.1) is 11.3 Å². The number of rotatable bonds is 6. The van der Waals surface area contributed by atoms with Crippen molar-refractivity contribution in [2.45, 2.75) is 52.5 Å². The number of carbonyl (C=O) groups excluding carboxylic acids is 1. The summed E-state index contributed by atoms with van der Waals surface area (Å²) in [4.78, 5) is 28.6. The van der Waals surface area contributed by atoms with E-state index in [1.165, 1.54) is 6.20 Å². The Morgan fingerprint density at radius 2 is 1.88 bits per heavy atom. The highest BCUT2D eigenvalue weighted by Crippen LogP contribution is 2.29. The molecule has 2 aliphatic rings. The zero-order valence-electron chi connectivity index (χ0n) is 19.9. The predicted octanol–water partition coefficient (Wildman–Crippen LogP) is 3.17. The maximum Gasteiger partial charge on any atom is 0.273 e. The van der Waals surface area contributed by atoms with E-state index in [2.05, 4.69) is 48.4 Å². The Bertz CT molecular complexity index is 955. The molecular weight excluding hydrogens is 406 g/mol. The molecule has 0 aliphatic carbocycles. The van der Waals surface area contributed by atoms with Crippen LogP contribution in [0.3, 0.4) is 0 Å². The van der Waals surface area contributed by atoms with E-state index < -0.39 is 0 Å². The SMILES string of the molecule is CN(CC1(C)COC1)C(=O)c1cncc(-c2cn(CC3CCOCC3)c(C(C)(C)C)n2)n1. The lowest BCUT2D eigenvalue weighted by Crippen LogP contribution is -2.49. The van der Waals surface area contributed by atoms with E-state index in [9.17, 15) is 4.79 Å². The lowest BCUT2D eigenvalue weighted by atomic mass is 9.88. The molecule has 0 N–H and O–H groups in total. The quantitative estimate of drug-likeness (QED) is 0.685. The lowest BCUT2D eigenvalue weighted by Gasteiger charge is -2.40. The molecule has 0 atom stereocenters. The molecular formula is C24H35N5O3. The van der Waals surface area contributed by atoms with Gasteiger partial charge < -0.3 is 18.9 Å². The lowest BCUT2D eigenvalue weighted by molar-refractivity contribution is -0.109. The highest BCUT2D eigenvalue weighted by molar-refractivity contribution is 5.92. The summed E-state index contributed by atoms with van der Waals surface area (Å²) in [7, 11) is 1.81. The minimum Gasteiger partial charge on any atom is -0.381 e. The fourth-order valence-electron chi connectivity index (χ4n) is 4.46. The normalized spacial score (nSPS) is 18.9. The third kappa shape index (κ3) is 5.02. The topological polar surface area (TPSA) is 82.4 Å². The summed E-state index contributed by atoms with van der Waals surface area (Å²) in [6, 6.07) is 0. The fourth-order valence-corrected chi connectivity index (χ4v) is 4.46. The number of aromatic nitrogens is 4. The number of hydrogen-bond donors (Lipinski definition) is 0. The summed E-state index contributed by atoms with van der Waals surface area (Å²) >= 11 is 0. The van der Waals surface area contributed by atoms with Gasteiger partial charge in [0, 0.05) is 50.4 Å². The monoisotopic (exact) mass is 441 g/mol. The van der Waals surface area contributed by atoms with Gasteiger partial charge in [0.1, 0.15) is 22.9 Å². The van der Waals surface area contributed by atoms with Gasteiger partial charge in [0.2, 0.25) is 0 Å². The predicted molar refractivity (Wildman–Crippen MR) is 121 cm³/mol. The van der Waals surface area contributed by atoms with Crippen LogP contribution in [0.1, 0.15) is 56.8 Å². The van der Waals surface area contributed by atoms with Crippen molar-refractivity contribution in [3.8, 4) is 11.4 Å². The van der Waals surface area contributed by atoms with E-state index in [0.717, 1.165) is 44.1 Å². The van der Waals surface area contributed by atoms with Crippen LogP contribution in [-0.2, 0) is 21.4 Å². The first-order valence-corrected chi connectivity index (χ1v) is 11.5. The number of ether oxygens (including phenoxy) is 2. The van der Waals surface area contributed by atoms with E-state index in [1.807, 2.05) is 0 Å². The average Bonchev–Trinajstić information content (AvgIpc) is 3.17. The molecule has 4 rings (SSSR count). The summed E-state index contributed by atoms with van der Waals surface area (Å²) < 4.78 is 13.1. The Labute approximate surface area is 190 Å². The van der Waals surface area contributed by atoms with Gasteiger partial charge in [-0.3, -0.25) is 9.78 Å². The second-order valence-electron chi connectivity index (χ2n) is 10.7. The first-order chi connectivity index (χ1) is 15.1. The maximum atomic E-state index is 13.0. The van der Waals surface area contributed by atoms with Crippen LogP contribution in [-0.4, -0.2) is 70.3 Å². The molecule has 0 radical (unpaired) electrons. The van der Waals surface area contributed by atoms with E-state index in [0.29, 0.717) is 37.1 Å². The molecule has 2 saturated heterocycles. The van der Waals surface area contributed by atoms with Crippen molar-refractivity contribution in [1.29, 1.82) is 0 Å². The largest absolute Gasteiger partial charge is 0.381 e. The first-order valence-electron chi connectivity index (χ1n) is 11.5. The Morgan fingerprint density at radius 3 is 2.50 bits per heavy atom. The molecule has 8 nitrogen and oxygen atoms in total. The molecule has 0 unspecified atom stereocenters. The highest BCUT2D eigenvalue weighted by atomic mass is 16.5. The molecule has 0 aromatic carbocycles. The summed E-state index contributed by atoms with van der Waals surface area (Å²) in [5.41, 5.74) is 1.63. The highest BCUT2D eigenvalue weighted by Gasteiger charge is 2.36. The number of hydrogen-bond acceptors (Lipinski definition) is 6. The summed E-state index contributed by atoms with van der Waals surface area (Å²) in [6.07, 6.45) is 7.41. The Hall–Kier alpha value is -2.32. The number of amides is 1. The van der Waals surface area contributed by atoms with Gasteiger partial charge in [0.25, 0.3) is 5.91 Å². The molecule has 174 valence electrons. The fraction of sp³-hybridized carbons (Fsp3) is 0.667. The molecule has 1 amide bonds. The van der Waals surface area contributed by atoms with Gasteiger partial charge in [0.05, 0.1) is 25.6 Å². The minimum atomic E-state index is -0.134. The number of imidazole rings is 1. The van der Waals surface area contributed by atoms with Crippen LogP contribution < -0.4 is 0 Å². The minimum absolute atomic E-state index is 0.0139. The van der Waals surface area contributed by atoms with Crippen molar-refractivity contribution >= 4 is 5.91 Å². The molecule has 4 heterocycles. The second kappa shape index (κ2) is 8.90. The zero-order valence-corrected chi connectivity index (χ0v) is 19.9. The van der Waals surface area contributed by atoms with E-state index in [1.54, 1.807) is 18.1 Å². The Kier molecular flexibility index (Phi) is 6.36. The van der Waals surface area contributed by atoms with Crippen LogP contribution in [0.5, 0.6) is 0 Å². The van der Waals surface area contributed by atoms with Crippen molar-refractivity contribution in [1.82, 2.24) is 24.4 Å². The molecule has 0 bridgehead atoms. The first kappa shape index (κ1) is 22.9. The molecule has 2 aromatic rings. The average molecular weight is 442 g/mol. The molecule has 32 heavy (non-hydrogen) atoms. The zero-order chi connectivity index (χ0) is 22.9. The van der Waals surface area contributed by atoms with E-state index in [4.69, 9.17) is 14.5 Å². The second-order valence-corrected chi connectivity index (χ2v) is 10.7. The van der Waals surface area contributed by atoms with Crippen molar-refractivity contribution in [2.75, 3.05) is 40.0 Å². The van der Waals surface area contributed by atoms with Gasteiger partial charge in [-0.05, 0) is 18.8 Å². The van der Waals surface area contributed by atoms with E-state index in [-0.39, 0.29) is 16.7 Å². The number of carbonyl (C=O) groups is 1. The molecule has 2 fully saturated rings. The third-order valence-corrected chi connectivity index (χ3v) is 6.23. The van der Waals surface area contributed by atoms with Crippen LogP contribution >= 0.6 is 0 Å². The van der Waals surface area contributed by atoms with Gasteiger partial charge in [-0.1, -0.05) is 27.7 Å². The van der Waals surface area contributed by atoms with Crippen molar-refractivity contribution in [3.63, 3.8) is 0 Å². The van der Waals surface area contributed by atoms with Crippen molar-refractivity contribution < 1.29 is 14.3 Å². The number of nitrogens with zero attached hydrogens (tertiary/aromatic N) is 5. The summed E-state index contributed by atoms with van der Waals surface area (Å²) in [6.45, 7) is 13.2. The van der Waals surface area contributed by atoms with Gasteiger partial charge >= 0.3 is 0 Å². The van der Waals surface area contributed by atoms with Crippen LogP contribution in [0.4, 0.5) is 0 Å². The van der Waals surface area contributed by atoms with E-state index >= 15 is 0 Å². The van der Waals surface area contributed by atoms with Crippen molar-refractivity contribution in [2.24, 2.45) is 11.3 Å². The molecule has 2 aliphatic heterocycles. The van der Waals surface area contributed by atoms with Crippen molar-refractivity contribution in [3.05, 3.63) is 30.1 Å². The van der Waals surface area contributed by atoms with Crippen LogP contribution in [0.25, 0.3) is 11.4 Å². The smallest absolute Gasteiger partial charge is 0.273 e. The van der Waals surface area contributed by atoms with Crippen LogP contribution in [0.2, 0.25) is 0 Å². The van der Waals surface area contributed by atoms with Gasteiger partial charge in [0.15, 0.2) is 0 Å². The Balaban J connectivity index is 1.57. The summed E-state index contributed by atoms with van der Waals surface area (Å²) in [5.74, 6) is 1.47. The van der Waals surface area contributed by atoms with Gasteiger partial charge in [-0.2, -0.15) is 0 Å². The van der Waals surface area contributed by atoms with Gasteiger partial charge in [-0.25, -0.2) is 9.97 Å². The summed E-state index contributed by atoms with van der Waals surface area (Å²) in [5, 5.41) is 0. The molecule has 8 heteroatoms.